The minimum absolute atomic E-state index is 0.287. The first-order valence-electron chi connectivity index (χ1n) is 10.7. The Balaban J connectivity index is 1.49. The van der Waals surface area contributed by atoms with Gasteiger partial charge < -0.3 is 29.4 Å². The number of piperazine rings is 1. The standard InChI is InChI=1S/C23H27N7O2/c1-14-11-17-16(3)19(6-5-18(17)24-14)31-23-26-20(25-22-12-15(2)28-32-22)13-21(27-23)30-9-7-29(4)8-10-30/h5-6,11-13,24H,7-10H2,1-4H3,(H,25,26,27). The topological polar surface area (TPSA) is 95.3 Å². The second-order valence-corrected chi connectivity index (χ2v) is 8.35. The van der Waals surface area contributed by atoms with E-state index < -0.39 is 0 Å². The van der Waals surface area contributed by atoms with Crippen LogP contribution in [0.1, 0.15) is 17.0 Å². The molecule has 1 fully saturated rings. The Hall–Kier alpha value is -3.59. The summed E-state index contributed by atoms with van der Waals surface area (Å²) < 4.78 is 11.5. The van der Waals surface area contributed by atoms with Gasteiger partial charge in [0, 0.05) is 60.5 Å². The molecule has 9 nitrogen and oxygen atoms in total. The molecule has 4 aromatic rings. The van der Waals surface area contributed by atoms with Gasteiger partial charge in [0.05, 0.1) is 5.69 Å². The number of rotatable bonds is 5. The maximum absolute atomic E-state index is 6.20. The number of aromatic amines is 1. The first kappa shape index (κ1) is 20.3. The van der Waals surface area contributed by atoms with Crippen LogP contribution in [0.25, 0.3) is 10.9 Å². The Morgan fingerprint density at radius 2 is 1.84 bits per heavy atom. The zero-order valence-corrected chi connectivity index (χ0v) is 18.8. The number of H-pyrrole nitrogens is 1. The number of hydrogen-bond donors (Lipinski definition) is 2. The van der Waals surface area contributed by atoms with Crippen molar-refractivity contribution in [2.75, 3.05) is 43.4 Å². The highest BCUT2D eigenvalue weighted by Gasteiger charge is 2.19. The third-order valence-electron chi connectivity index (χ3n) is 5.76. The Labute approximate surface area is 186 Å². The fourth-order valence-electron chi connectivity index (χ4n) is 3.95. The fraction of sp³-hybridized carbons (Fsp3) is 0.348. The number of aromatic nitrogens is 4. The molecule has 4 heterocycles. The highest BCUT2D eigenvalue weighted by atomic mass is 16.5. The van der Waals surface area contributed by atoms with Crippen LogP contribution >= 0.6 is 0 Å². The van der Waals surface area contributed by atoms with Gasteiger partial charge in [-0.3, -0.25) is 0 Å². The van der Waals surface area contributed by atoms with Crippen molar-refractivity contribution >= 4 is 28.4 Å². The number of hydrogen-bond acceptors (Lipinski definition) is 8. The van der Waals surface area contributed by atoms with E-state index in [2.05, 4.69) is 43.4 Å². The number of likely N-dealkylation sites (N-methyl/N-ethyl adjacent to an activating group) is 1. The average molecular weight is 434 g/mol. The van der Waals surface area contributed by atoms with E-state index in [1.165, 1.54) is 0 Å². The largest absolute Gasteiger partial charge is 0.424 e. The molecule has 0 saturated carbocycles. The molecule has 166 valence electrons. The van der Waals surface area contributed by atoms with Crippen LogP contribution in [0.2, 0.25) is 0 Å². The zero-order valence-electron chi connectivity index (χ0n) is 18.8. The lowest BCUT2D eigenvalue weighted by atomic mass is 10.1. The summed E-state index contributed by atoms with van der Waals surface area (Å²) >= 11 is 0. The fourth-order valence-corrected chi connectivity index (χ4v) is 3.95. The Bertz CT molecular complexity index is 1250. The lowest BCUT2D eigenvalue weighted by Gasteiger charge is -2.33. The molecule has 32 heavy (non-hydrogen) atoms. The molecule has 0 aliphatic carbocycles. The van der Waals surface area contributed by atoms with Crippen molar-refractivity contribution in [1.82, 2.24) is 25.0 Å². The first-order chi connectivity index (χ1) is 15.4. The Morgan fingerprint density at radius 3 is 2.59 bits per heavy atom. The summed E-state index contributed by atoms with van der Waals surface area (Å²) in [4.78, 5) is 17.2. The summed E-state index contributed by atoms with van der Waals surface area (Å²) in [5.74, 6) is 2.67. The molecule has 2 N–H and O–H groups in total. The zero-order chi connectivity index (χ0) is 22.2. The molecule has 0 radical (unpaired) electrons. The lowest BCUT2D eigenvalue weighted by molar-refractivity contribution is 0.311. The molecule has 0 bridgehead atoms. The number of nitrogens with one attached hydrogen (secondary N) is 2. The molecule has 1 aromatic carbocycles. The van der Waals surface area contributed by atoms with Crippen LogP contribution in [0.4, 0.5) is 17.5 Å². The number of aryl methyl sites for hydroxylation is 3. The van der Waals surface area contributed by atoms with Crippen LogP contribution in [0, 0.1) is 20.8 Å². The van der Waals surface area contributed by atoms with Gasteiger partial charge in [-0.1, -0.05) is 5.16 Å². The van der Waals surface area contributed by atoms with Gasteiger partial charge in [-0.25, -0.2) is 0 Å². The quantitative estimate of drug-likeness (QED) is 0.484. The summed E-state index contributed by atoms with van der Waals surface area (Å²) in [6.45, 7) is 9.71. The maximum Gasteiger partial charge on any atom is 0.325 e. The van der Waals surface area contributed by atoms with E-state index in [1.807, 2.05) is 45.0 Å². The molecule has 0 spiro atoms. The number of anilines is 3. The Kier molecular flexibility index (Phi) is 5.18. The van der Waals surface area contributed by atoms with Gasteiger partial charge in [-0.2, -0.15) is 9.97 Å². The van der Waals surface area contributed by atoms with E-state index in [4.69, 9.17) is 14.2 Å². The predicted octanol–water partition coefficient (Wildman–Crippen LogP) is 4.16. The summed E-state index contributed by atoms with van der Waals surface area (Å²) in [7, 11) is 2.13. The predicted molar refractivity (Wildman–Crippen MR) is 124 cm³/mol. The molecule has 1 saturated heterocycles. The summed E-state index contributed by atoms with van der Waals surface area (Å²) in [5, 5.41) is 8.25. The van der Waals surface area contributed by atoms with E-state index in [0.717, 1.165) is 65.6 Å². The highest BCUT2D eigenvalue weighted by Crippen LogP contribution is 2.32. The van der Waals surface area contributed by atoms with Crippen molar-refractivity contribution in [3.8, 4) is 11.8 Å². The summed E-state index contributed by atoms with van der Waals surface area (Å²) in [6.07, 6.45) is 0. The van der Waals surface area contributed by atoms with E-state index in [9.17, 15) is 0 Å². The third kappa shape index (κ3) is 4.11. The first-order valence-corrected chi connectivity index (χ1v) is 10.7. The van der Waals surface area contributed by atoms with E-state index >= 15 is 0 Å². The van der Waals surface area contributed by atoms with Crippen LogP contribution in [0.5, 0.6) is 11.8 Å². The summed E-state index contributed by atoms with van der Waals surface area (Å²) in [6, 6.07) is 10.1. The molecular weight excluding hydrogens is 406 g/mol. The van der Waals surface area contributed by atoms with Crippen molar-refractivity contribution in [3.63, 3.8) is 0 Å². The van der Waals surface area contributed by atoms with Crippen LogP contribution in [-0.4, -0.2) is 58.2 Å². The minimum atomic E-state index is 0.287. The van der Waals surface area contributed by atoms with Gasteiger partial charge in [-0.15, -0.1) is 0 Å². The number of fused-ring (bicyclic) bond motifs is 1. The smallest absolute Gasteiger partial charge is 0.325 e. The van der Waals surface area contributed by atoms with Crippen LogP contribution in [0.15, 0.2) is 34.9 Å². The molecule has 0 unspecified atom stereocenters. The highest BCUT2D eigenvalue weighted by molar-refractivity contribution is 5.86. The van der Waals surface area contributed by atoms with Crippen molar-refractivity contribution in [3.05, 3.63) is 47.3 Å². The van der Waals surface area contributed by atoms with Crippen molar-refractivity contribution in [2.24, 2.45) is 0 Å². The van der Waals surface area contributed by atoms with Crippen molar-refractivity contribution in [2.45, 2.75) is 20.8 Å². The SMILES string of the molecule is Cc1cc(Nc2cc(N3CCN(C)CC3)nc(Oc3ccc4[nH]c(C)cc4c3C)n2)on1. The number of ether oxygens (including phenoxy) is 1. The van der Waals surface area contributed by atoms with Gasteiger partial charge in [-0.05, 0) is 46.0 Å². The van der Waals surface area contributed by atoms with Gasteiger partial charge in [0.2, 0.25) is 5.88 Å². The lowest BCUT2D eigenvalue weighted by Crippen LogP contribution is -2.44. The van der Waals surface area contributed by atoms with E-state index in [0.29, 0.717) is 11.7 Å². The van der Waals surface area contributed by atoms with Crippen molar-refractivity contribution < 1.29 is 9.26 Å². The van der Waals surface area contributed by atoms with Gasteiger partial charge in [0.1, 0.15) is 17.4 Å². The Morgan fingerprint density at radius 1 is 1.03 bits per heavy atom. The monoisotopic (exact) mass is 433 g/mol. The molecule has 5 rings (SSSR count). The minimum Gasteiger partial charge on any atom is -0.424 e. The van der Waals surface area contributed by atoms with Gasteiger partial charge in [0.25, 0.3) is 0 Å². The molecular formula is C23H27N7O2. The normalized spacial score (nSPS) is 14.8. The molecule has 1 aliphatic heterocycles. The molecule has 9 heteroatoms. The third-order valence-corrected chi connectivity index (χ3v) is 5.76. The molecule has 0 atom stereocenters. The molecule has 0 amide bonds. The van der Waals surface area contributed by atoms with Crippen LogP contribution in [0.3, 0.4) is 0 Å². The second-order valence-electron chi connectivity index (χ2n) is 8.35. The summed E-state index contributed by atoms with van der Waals surface area (Å²) in [5.41, 5.74) is 4.04. The molecule has 1 aliphatic rings. The van der Waals surface area contributed by atoms with Crippen molar-refractivity contribution in [1.29, 1.82) is 0 Å². The van der Waals surface area contributed by atoms with E-state index in [1.54, 1.807) is 0 Å². The number of benzene rings is 1. The van der Waals surface area contributed by atoms with Gasteiger partial charge in [0.15, 0.2) is 0 Å². The van der Waals surface area contributed by atoms with E-state index in [-0.39, 0.29) is 6.01 Å². The average Bonchev–Trinajstić information content (AvgIpc) is 3.35. The number of nitrogens with zero attached hydrogens (tertiary/aromatic N) is 5. The molecule has 3 aromatic heterocycles. The van der Waals surface area contributed by atoms with Gasteiger partial charge >= 0.3 is 6.01 Å². The van der Waals surface area contributed by atoms with Crippen LogP contribution in [-0.2, 0) is 0 Å². The second kappa shape index (κ2) is 8.16. The van der Waals surface area contributed by atoms with Crippen LogP contribution < -0.4 is 15.0 Å². The maximum atomic E-state index is 6.20.